The first-order valence-electron chi connectivity index (χ1n) is 24.0. The van der Waals surface area contributed by atoms with Crippen molar-refractivity contribution in [3.05, 3.63) is 205 Å². The molecule has 0 N–H and O–H groups in total. The van der Waals surface area contributed by atoms with Gasteiger partial charge in [0.05, 0.1) is 22.9 Å². The monoisotopic (exact) mass is 1080 g/mol. The Hall–Kier alpha value is -6.55. The van der Waals surface area contributed by atoms with Crippen molar-refractivity contribution in [1.82, 2.24) is 9.55 Å². The van der Waals surface area contributed by atoms with E-state index >= 15 is 0 Å². The molecule has 6 heteroatoms. The minimum absolute atomic E-state index is 0. The van der Waals surface area contributed by atoms with Crippen molar-refractivity contribution in [2.75, 3.05) is 4.90 Å². The van der Waals surface area contributed by atoms with E-state index in [1.54, 1.807) is 0 Å². The predicted octanol–water partition coefficient (Wildman–Crippen LogP) is 15.6. The number of amidine groups is 1. The average molecular weight is 1080 g/mol. The summed E-state index contributed by atoms with van der Waals surface area (Å²) in [5.74, 6) is 2.14. The van der Waals surface area contributed by atoms with Crippen LogP contribution in [-0.4, -0.2) is 15.4 Å². The molecule has 0 amide bonds. The molecule has 344 valence electrons. The van der Waals surface area contributed by atoms with E-state index < -0.39 is 5.54 Å². The molecule has 0 bridgehead atoms. The van der Waals surface area contributed by atoms with Crippen LogP contribution in [-0.2, 0) is 32.0 Å². The smallest absolute Gasteiger partial charge is 0.503 e. The number of aromatic nitrogens is 2. The van der Waals surface area contributed by atoms with Gasteiger partial charge in [0.1, 0.15) is 5.65 Å². The summed E-state index contributed by atoms with van der Waals surface area (Å²) in [5.41, 5.74) is 24.9. The first-order valence-corrected chi connectivity index (χ1v) is 24.0. The fraction of sp³-hybridized carbons (Fsp3) is 0.238. The summed E-state index contributed by atoms with van der Waals surface area (Å²) in [6, 6.07) is 47.8. The Morgan fingerprint density at radius 1 is 0.594 bits per heavy atom. The van der Waals surface area contributed by atoms with Crippen LogP contribution in [0.3, 0.4) is 0 Å². The van der Waals surface area contributed by atoms with Gasteiger partial charge < -0.3 is 19.2 Å². The van der Waals surface area contributed by atoms with Crippen molar-refractivity contribution in [3.63, 3.8) is 0 Å². The van der Waals surface area contributed by atoms with E-state index in [1.807, 2.05) is 6.20 Å². The van der Waals surface area contributed by atoms with Crippen LogP contribution >= 0.6 is 0 Å². The first-order chi connectivity index (χ1) is 32.5. The maximum absolute atomic E-state index is 7.21. The number of benzene rings is 7. The van der Waals surface area contributed by atoms with Crippen LogP contribution in [0.4, 0.5) is 5.69 Å². The number of ether oxygens (including phenoxy) is 1. The van der Waals surface area contributed by atoms with Crippen LogP contribution in [0.25, 0.3) is 49.9 Å². The van der Waals surface area contributed by atoms with Gasteiger partial charge in [-0.2, -0.15) is 6.07 Å². The Labute approximate surface area is 421 Å². The third-order valence-electron chi connectivity index (χ3n) is 15.4. The summed E-state index contributed by atoms with van der Waals surface area (Å²) >= 11 is 0. The summed E-state index contributed by atoms with van der Waals surface area (Å²) in [5, 5.41) is 2.39. The molecule has 0 saturated heterocycles. The quantitative estimate of drug-likeness (QED) is 0.161. The molecule has 5 nitrogen and oxygen atoms in total. The number of pyridine rings is 1. The molecule has 2 atom stereocenters. The molecule has 2 aromatic heterocycles. The van der Waals surface area contributed by atoms with Crippen LogP contribution in [0.15, 0.2) is 120 Å². The molecule has 7 aromatic carbocycles. The van der Waals surface area contributed by atoms with Gasteiger partial charge in [0.25, 0.3) is 0 Å². The van der Waals surface area contributed by atoms with E-state index in [4.69, 9.17) is 14.7 Å². The average Bonchev–Trinajstić information content (AvgIpc) is 3.80. The molecule has 0 saturated carbocycles. The van der Waals surface area contributed by atoms with Gasteiger partial charge in [-0.3, -0.25) is 0 Å². The Balaban J connectivity index is 0.00000520. The number of aliphatic imine (C=N–C) groups is 1. The number of hydrogen-bond donors (Lipinski definition) is 0. The molecule has 0 fully saturated rings. The van der Waals surface area contributed by atoms with Crippen molar-refractivity contribution in [2.45, 2.75) is 100 Å². The Bertz CT molecular complexity index is 3680. The molecule has 3 aliphatic rings. The molecule has 12 rings (SSSR count). The Kier molecular flexibility index (Phi) is 10.2. The SMILES string of the molecule is Cc1cc(C)c(N2C(c3[c-]c(Oc4[c-]c5c(cc4C)C(C)(C)c4cccc6c7c(C)ccnc7n-5c46)cc(-c4ccccc4)c3)=N[C@]3(C)c4cc(C)cc(C)c4-c4c(C)cc(C)cc4[C@H]23)c(C)c1.[Pt+2]. The zero-order valence-corrected chi connectivity index (χ0v) is 43.8. The number of nitrogens with zero attached hydrogens (tertiary/aromatic N) is 4. The van der Waals surface area contributed by atoms with Gasteiger partial charge in [0.15, 0.2) is 0 Å². The molecule has 1 aliphatic carbocycles. The molecule has 0 spiro atoms. The minimum Gasteiger partial charge on any atom is -0.503 e. The second kappa shape index (κ2) is 15.7. The first kappa shape index (κ1) is 44.9. The van der Waals surface area contributed by atoms with Gasteiger partial charge in [0.2, 0.25) is 0 Å². The maximum Gasteiger partial charge on any atom is 2.00 e. The molecule has 0 radical (unpaired) electrons. The van der Waals surface area contributed by atoms with E-state index in [9.17, 15) is 0 Å². The zero-order valence-electron chi connectivity index (χ0n) is 41.6. The van der Waals surface area contributed by atoms with Crippen LogP contribution in [0.1, 0.15) is 105 Å². The normalized spacial score (nSPS) is 17.2. The number of para-hydroxylation sites is 1. The van der Waals surface area contributed by atoms with Crippen LogP contribution in [0.2, 0.25) is 0 Å². The van der Waals surface area contributed by atoms with Crippen LogP contribution in [0.5, 0.6) is 11.5 Å². The standard InChI is InChI=1S/C63H56N4O.Pt/c1-34-25-41(8)57(42(9)26-34)67-59-48-27-35(2)23-39(6)54(48)56-40(7)24-36(3)28-51(56)63(59,12)65-60(67)45-30-44(43-17-14-13-15-18-43)31-46(32-45)68-53-33-52-50(29-38(53)5)62(10,11)49-20-16-19-47-55-37(4)21-22-64-61(55)66(52)58(47)49;/h13-31,59H,1-12H3;/q-2;+2/t59-,63+;/m0./s1. The van der Waals surface area contributed by atoms with E-state index in [2.05, 4.69) is 214 Å². The number of hydrogen-bond acceptors (Lipinski definition) is 4. The van der Waals surface area contributed by atoms with Crippen LogP contribution in [0, 0.1) is 74.4 Å². The second-order valence-corrected chi connectivity index (χ2v) is 20.8. The van der Waals surface area contributed by atoms with E-state index in [0.717, 1.165) is 39.4 Å². The molecular formula is C63H56N4OPt. The number of rotatable bonds is 5. The van der Waals surface area contributed by atoms with Gasteiger partial charge in [-0.05, 0) is 135 Å². The van der Waals surface area contributed by atoms with Crippen molar-refractivity contribution in [2.24, 2.45) is 4.99 Å². The van der Waals surface area contributed by atoms with Gasteiger partial charge in [-0.25, -0.2) is 4.98 Å². The fourth-order valence-corrected chi connectivity index (χ4v) is 12.6. The van der Waals surface area contributed by atoms with Gasteiger partial charge in [0, 0.05) is 34.2 Å². The second-order valence-electron chi connectivity index (χ2n) is 20.8. The van der Waals surface area contributed by atoms with E-state index in [1.165, 1.54) is 99.9 Å². The molecule has 2 aliphatic heterocycles. The number of aryl methyl sites for hydroxylation is 9. The largest absolute Gasteiger partial charge is 2.00 e. The van der Waals surface area contributed by atoms with Gasteiger partial charge in [-0.15, -0.1) is 28.8 Å². The van der Waals surface area contributed by atoms with Crippen LogP contribution < -0.4 is 9.64 Å². The molecule has 0 unspecified atom stereocenters. The summed E-state index contributed by atoms with van der Waals surface area (Å²) in [4.78, 5) is 13.6. The minimum atomic E-state index is -0.640. The third kappa shape index (κ3) is 6.52. The Morgan fingerprint density at radius 2 is 1.28 bits per heavy atom. The summed E-state index contributed by atoms with van der Waals surface area (Å²) in [7, 11) is 0. The van der Waals surface area contributed by atoms with E-state index in [0.29, 0.717) is 11.5 Å². The Morgan fingerprint density at radius 3 is 2.01 bits per heavy atom. The van der Waals surface area contributed by atoms with Crippen molar-refractivity contribution in [1.29, 1.82) is 0 Å². The van der Waals surface area contributed by atoms with Gasteiger partial charge in [-0.1, -0.05) is 146 Å². The fourth-order valence-electron chi connectivity index (χ4n) is 12.6. The number of fused-ring (bicyclic) bond motifs is 11. The molecule has 9 aromatic rings. The number of anilines is 1. The van der Waals surface area contributed by atoms with Gasteiger partial charge >= 0.3 is 21.1 Å². The molecule has 4 heterocycles. The zero-order chi connectivity index (χ0) is 47.3. The molecule has 69 heavy (non-hydrogen) atoms. The molecular weight excluding hydrogens is 1020 g/mol. The predicted molar refractivity (Wildman–Crippen MR) is 280 cm³/mol. The maximum atomic E-state index is 7.21. The van der Waals surface area contributed by atoms with Crippen molar-refractivity contribution >= 4 is 33.5 Å². The van der Waals surface area contributed by atoms with E-state index in [-0.39, 0.29) is 32.5 Å². The summed E-state index contributed by atoms with van der Waals surface area (Å²) in [6.07, 6.45) is 1.92. The third-order valence-corrected chi connectivity index (χ3v) is 15.4. The summed E-state index contributed by atoms with van der Waals surface area (Å²) < 4.78 is 9.52. The topological polar surface area (TPSA) is 42.6 Å². The van der Waals surface area contributed by atoms with Crippen molar-refractivity contribution in [3.8, 4) is 39.4 Å². The van der Waals surface area contributed by atoms with Crippen molar-refractivity contribution < 1.29 is 25.8 Å². The summed E-state index contributed by atoms with van der Waals surface area (Å²) in [6.45, 7) is 27.0.